The van der Waals surface area contributed by atoms with Crippen LogP contribution in [0.4, 0.5) is 0 Å². The Morgan fingerprint density at radius 3 is 2.58 bits per heavy atom. The third kappa shape index (κ3) is 6.35. The number of nitrogens with zero attached hydrogens (tertiary/aromatic N) is 4. The standard InChI is InChI=1S/C34H38N4O5/c1-4-8-30-29(19-23-11-16-28(31(20-23)41-3)27-10-7-6-9-24(27)21-35)34(40)37(32-17-18-36-38(30)32)25-12-14-26(15-13-25)43-22-33(39)42-5-2/h6-7,9-11,16-18,20,25-26H,4-5,8,12-15,19,22H2,1-3H3. The van der Waals surface area contributed by atoms with Gasteiger partial charge in [-0.1, -0.05) is 43.7 Å². The number of carbonyl (C=O) groups excluding carboxylic acids is 1. The van der Waals surface area contributed by atoms with Crippen LogP contribution in [0.1, 0.15) is 74.4 Å². The SMILES string of the molecule is CCCc1c(Cc2ccc(-c3ccccc3C#N)c(OC)c2)c(=O)n(C2CCC(OCC(=O)OCC)CC2)c2ccnn12. The molecule has 0 unspecified atom stereocenters. The van der Waals surface area contributed by atoms with Gasteiger partial charge in [-0.2, -0.15) is 10.4 Å². The topological polar surface area (TPSA) is 108 Å². The van der Waals surface area contributed by atoms with Gasteiger partial charge in [-0.3, -0.25) is 9.36 Å². The summed E-state index contributed by atoms with van der Waals surface area (Å²) in [6, 6.07) is 17.6. The molecule has 0 N–H and O–H groups in total. The Hall–Kier alpha value is -4.42. The molecule has 2 aromatic carbocycles. The van der Waals surface area contributed by atoms with Gasteiger partial charge in [-0.05, 0) is 56.7 Å². The minimum Gasteiger partial charge on any atom is -0.496 e. The molecule has 9 heteroatoms. The first kappa shape index (κ1) is 30.1. The molecule has 1 aliphatic carbocycles. The maximum atomic E-state index is 14.3. The van der Waals surface area contributed by atoms with Gasteiger partial charge in [0.15, 0.2) is 0 Å². The molecule has 0 bridgehead atoms. The largest absolute Gasteiger partial charge is 0.496 e. The van der Waals surface area contributed by atoms with Crippen molar-refractivity contribution < 1.29 is 19.0 Å². The van der Waals surface area contributed by atoms with Crippen LogP contribution >= 0.6 is 0 Å². The number of carbonyl (C=O) groups is 1. The first-order chi connectivity index (χ1) is 21.0. The molecule has 0 radical (unpaired) electrons. The summed E-state index contributed by atoms with van der Waals surface area (Å²) in [5.41, 5.74) is 5.62. The van der Waals surface area contributed by atoms with Crippen LogP contribution in [-0.2, 0) is 27.1 Å². The fourth-order valence-corrected chi connectivity index (χ4v) is 6.16. The molecule has 224 valence electrons. The van der Waals surface area contributed by atoms with Crippen molar-refractivity contribution in [3.63, 3.8) is 0 Å². The van der Waals surface area contributed by atoms with E-state index >= 15 is 0 Å². The third-order valence-electron chi connectivity index (χ3n) is 8.17. The van der Waals surface area contributed by atoms with Crippen molar-refractivity contribution >= 4 is 11.6 Å². The summed E-state index contributed by atoms with van der Waals surface area (Å²) in [5, 5.41) is 14.3. The van der Waals surface area contributed by atoms with Crippen LogP contribution in [0.3, 0.4) is 0 Å². The van der Waals surface area contributed by atoms with E-state index in [1.807, 2.05) is 51.5 Å². The Labute approximate surface area is 251 Å². The fourth-order valence-electron chi connectivity index (χ4n) is 6.16. The van der Waals surface area contributed by atoms with Gasteiger partial charge in [-0.15, -0.1) is 0 Å². The van der Waals surface area contributed by atoms with Crippen LogP contribution in [0.25, 0.3) is 16.8 Å². The molecule has 43 heavy (non-hydrogen) atoms. The van der Waals surface area contributed by atoms with Crippen LogP contribution < -0.4 is 10.3 Å². The summed E-state index contributed by atoms with van der Waals surface area (Å²) in [5.74, 6) is 0.302. The zero-order valence-corrected chi connectivity index (χ0v) is 25.0. The average molecular weight is 583 g/mol. The first-order valence-corrected chi connectivity index (χ1v) is 15.0. The normalized spacial score (nSPS) is 16.6. The smallest absolute Gasteiger partial charge is 0.332 e. The Kier molecular flexibility index (Phi) is 9.58. The van der Waals surface area contributed by atoms with Crippen LogP contribution in [0, 0.1) is 11.3 Å². The van der Waals surface area contributed by atoms with E-state index in [0.29, 0.717) is 24.3 Å². The second-order valence-corrected chi connectivity index (χ2v) is 10.9. The first-order valence-electron chi connectivity index (χ1n) is 15.0. The molecule has 2 aromatic heterocycles. The number of aromatic nitrogens is 3. The van der Waals surface area contributed by atoms with Crippen LogP contribution in [0.15, 0.2) is 59.5 Å². The number of hydrogen-bond acceptors (Lipinski definition) is 7. The number of aryl methyl sites for hydroxylation is 1. The van der Waals surface area contributed by atoms with Crippen molar-refractivity contribution in [3.05, 3.63) is 87.5 Å². The summed E-state index contributed by atoms with van der Waals surface area (Å²) < 4.78 is 20.4. The Bertz CT molecular complexity index is 1690. The number of methoxy groups -OCH3 is 1. The molecule has 0 amide bonds. The highest BCUT2D eigenvalue weighted by Gasteiger charge is 2.28. The van der Waals surface area contributed by atoms with Gasteiger partial charge in [0.1, 0.15) is 18.0 Å². The van der Waals surface area contributed by atoms with E-state index in [1.54, 1.807) is 26.3 Å². The quantitative estimate of drug-likeness (QED) is 0.210. The number of benzene rings is 2. The Morgan fingerprint density at radius 2 is 1.86 bits per heavy atom. The lowest BCUT2D eigenvalue weighted by atomic mass is 9.92. The molecule has 0 atom stereocenters. The van der Waals surface area contributed by atoms with Gasteiger partial charge in [-0.25, -0.2) is 9.31 Å². The van der Waals surface area contributed by atoms with Gasteiger partial charge in [0.05, 0.1) is 43.3 Å². The van der Waals surface area contributed by atoms with Crippen LogP contribution in [-0.4, -0.2) is 46.6 Å². The van der Waals surface area contributed by atoms with Crippen molar-refractivity contribution in [2.45, 2.75) is 70.9 Å². The number of hydrogen-bond donors (Lipinski definition) is 0. The lowest BCUT2D eigenvalue weighted by Crippen LogP contribution is -2.35. The lowest BCUT2D eigenvalue weighted by molar-refractivity contribution is -0.151. The predicted octanol–water partition coefficient (Wildman–Crippen LogP) is 5.65. The molecule has 0 spiro atoms. The zero-order valence-electron chi connectivity index (χ0n) is 25.0. The number of nitriles is 1. The maximum absolute atomic E-state index is 14.3. The molecule has 5 rings (SSSR count). The van der Waals surface area contributed by atoms with E-state index in [4.69, 9.17) is 14.2 Å². The van der Waals surface area contributed by atoms with Crippen molar-refractivity contribution in [2.75, 3.05) is 20.3 Å². The van der Waals surface area contributed by atoms with E-state index < -0.39 is 0 Å². The molecule has 0 aliphatic heterocycles. The number of fused-ring (bicyclic) bond motifs is 1. The molecular formula is C34H38N4O5. The predicted molar refractivity (Wildman–Crippen MR) is 163 cm³/mol. The molecular weight excluding hydrogens is 544 g/mol. The molecule has 1 saturated carbocycles. The van der Waals surface area contributed by atoms with Crippen molar-refractivity contribution in [2.24, 2.45) is 0 Å². The van der Waals surface area contributed by atoms with Gasteiger partial charge >= 0.3 is 5.97 Å². The zero-order chi connectivity index (χ0) is 30.3. The third-order valence-corrected chi connectivity index (χ3v) is 8.17. The summed E-state index contributed by atoms with van der Waals surface area (Å²) in [6.45, 7) is 4.17. The van der Waals surface area contributed by atoms with Gasteiger partial charge in [0.2, 0.25) is 0 Å². The van der Waals surface area contributed by atoms with Crippen LogP contribution in [0.5, 0.6) is 5.75 Å². The van der Waals surface area contributed by atoms with E-state index in [9.17, 15) is 14.9 Å². The highest BCUT2D eigenvalue weighted by atomic mass is 16.6. The van der Waals surface area contributed by atoms with Crippen LogP contribution in [0.2, 0.25) is 0 Å². The maximum Gasteiger partial charge on any atom is 0.332 e. The summed E-state index contributed by atoms with van der Waals surface area (Å²) in [6.07, 6.45) is 6.80. The molecule has 9 nitrogen and oxygen atoms in total. The highest BCUT2D eigenvalue weighted by Crippen LogP contribution is 2.34. The second kappa shape index (κ2) is 13.7. The average Bonchev–Trinajstić information content (AvgIpc) is 3.52. The second-order valence-electron chi connectivity index (χ2n) is 10.9. The Morgan fingerprint density at radius 1 is 1.07 bits per heavy atom. The fraction of sp³-hybridized carbons (Fsp3) is 0.412. The minimum atomic E-state index is -0.350. The Balaban J connectivity index is 1.47. The summed E-state index contributed by atoms with van der Waals surface area (Å²) >= 11 is 0. The monoisotopic (exact) mass is 582 g/mol. The molecule has 4 aromatic rings. The van der Waals surface area contributed by atoms with E-state index in [-0.39, 0.29) is 30.3 Å². The molecule has 1 fully saturated rings. The van der Waals surface area contributed by atoms with Crippen molar-refractivity contribution in [3.8, 4) is 22.9 Å². The van der Waals surface area contributed by atoms with Gasteiger partial charge in [0.25, 0.3) is 5.56 Å². The molecule has 1 aliphatic rings. The lowest BCUT2D eigenvalue weighted by Gasteiger charge is -2.31. The van der Waals surface area contributed by atoms with Crippen molar-refractivity contribution in [1.82, 2.24) is 14.2 Å². The number of ether oxygens (including phenoxy) is 3. The summed E-state index contributed by atoms with van der Waals surface area (Å²) in [7, 11) is 1.62. The summed E-state index contributed by atoms with van der Waals surface area (Å²) in [4.78, 5) is 26.1. The van der Waals surface area contributed by atoms with E-state index in [2.05, 4.69) is 18.1 Å². The number of rotatable bonds is 11. The molecule has 2 heterocycles. The van der Waals surface area contributed by atoms with Gasteiger partial charge in [0, 0.05) is 35.2 Å². The number of esters is 1. The van der Waals surface area contributed by atoms with E-state index in [1.165, 1.54) is 0 Å². The minimum absolute atomic E-state index is 0.00275. The molecule has 0 saturated heterocycles. The van der Waals surface area contributed by atoms with Crippen molar-refractivity contribution in [1.29, 1.82) is 5.26 Å². The highest BCUT2D eigenvalue weighted by molar-refractivity contribution is 5.76. The van der Waals surface area contributed by atoms with E-state index in [0.717, 1.165) is 72.1 Å². The van der Waals surface area contributed by atoms with Gasteiger partial charge < -0.3 is 14.2 Å².